The molecule has 0 radical (unpaired) electrons. The first kappa shape index (κ1) is 14.7. The zero-order valence-corrected chi connectivity index (χ0v) is 13.2. The van der Waals surface area contributed by atoms with Crippen LogP contribution in [0, 0.1) is 10.1 Å². The number of fused-ring (bicyclic) bond motifs is 1. The SMILES string of the molecule is NCCc1c(-c2cccc([N+](=O)[O-])c2)nc2ccc(Br)cn12. The van der Waals surface area contributed by atoms with E-state index in [0.717, 1.165) is 27.1 Å². The fourth-order valence-electron chi connectivity index (χ4n) is 2.44. The van der Waals surface area contributed by atoms with Gasteiger partial charge in [-0.15, -0.1) is 0 Å². The minimum Gasteiger partial charge on any atom is -0.330 e. The maximum absolute atomic E-state index is 11.0. The first-order valence-electron chi connectivity index (χ1n) is 6.71. The van der Waals surface area contributed by atoms with Gasteiger partial charge in [-0.3, -0.25) is 10.1 Å². The molecule has 112 valence electrons. The Balaban J connectivity index is 2.23. The van der Waals surface area contributed by atoms with Gasteiger partial charge in [-0.1, -0.05) is 12.1 Å². The van der Waals surface area contributed by atoms with Crippen molar-refractivity contribution in [2.24, 2.45) is 5.73 Å². The molecule has 0 unspecified atom stereocenters. The third-order valence-electron chi connectivity index (χ3n) is 3.39. The molecule has 0 amide bonds. The van der Waals surface area contributed by atoms with Crippen LogP contribution >= 0.6 is 15.9 Å². The van der Waals surface area contributed by atoms with Gasteiger partial charge in [0, 0.05) is 34.8 Å². The topological polar surface area (TPSA) is 86.5 Å². The molecule has 7 heteroatoms. The Morgan fingerprint density at radius 3 is 2.86 bits per heavy atom. The van der Waals surface area contributed by atoms with Crippen LogP contribution in [-0.4, -0.2) is 20.9 Å². The van der Waals surface area contributed by atoms with Gasteiger partial charge in [-0.05, 0) is 34.6 Å². The first-order valence-corrected chi connectivity index (χ1v) is 7.51. The van der Waals surface area contributed by atoms with E-state index in [1.807, 2.05) is 28.8 Å². The van der Waals surface area contributed by atoms with Crippen molar-refractivity contribution in [3.8, 4) is 11.3 Å². The number of nitro benzene ring substituents is 1. The van der Waals surface area contributed by atoms with Crippen LogP contribution in [0.5, 0.6) is 0 Å². The molecule has 3 aromatic rings. The zero-order valence-electron chi connectivity index (χ0n) is 11.6. The number of aromatic nitrogens is 2. The van der Waals surface area contributed by atoms with Crippen LogP contribution in [0.25, 0.3) is 16.9 Å². The van der Waals surface area contributed by atoms with E-state index in [4.69, 9.17) is 5.73 Å². The van der Waals surface area contributed by atoms with Crippen LogP contribution < -0.4 is 5.73 Å². The molecular formula is C15H13BrN4O2. The van der Waals surface area contributed by atoms with Crippen LogP contribution in [0.3, 0.4) is 0 Å². The van der Waals surface area contributed by atoms with Gasteiger partial charge in [0.05, 0.1) is 16.3 Å². The van der Waals surface area contributed by atoms with E-state index in [1.165, 1.54) is 12.1 Å². The van der Waals surface area contributed by atoms with Gasteiger partial charge in [0.15, 0.2) is 0 Å². The van der Waals surface area contributed by atoms with Crippen LogP contribution in [0.2, 0.25) is 0 Å². The van der Waals surface area contributed by atoms with Crippen molar-refractivity contribution < 1.29 is 4.92 Å². The highest BCUT2D eigenvalue weighted by molar-refractivity contribution is 9.10. The predicted molar refractivity (Wildman–Crippen MR) is 87.7 cm³/mol. The smallest absolute Gasteiger partial charge is 0.270 e. The maximum Gasteiger partial charge on any atom is 0.270 e. The molecule has 0 atom stereocenters. The van der Waals surface area contributed by atoms with Gasteiger partial charge in [0.2, 0.25) is 0 Å². The number of hydrogen-bond donors (Lipinski definition) is 1. The molecule has 0 saturated carbocycles. The van der Waals surface area contributed by atoms with Gasteiger partial charge in [-0.2, -0.15) is 0 Å². The summed E-state index contributed by atoms with van der Waals surface area (Å²) in [7, 11) is 0. The van der Waals surface area contributed by atoms with Crippen molar-refractivity contribution in [1.82, 2.24) is 9.38 Å². The first-order chi connectivity index (χ1) is 10.6. The van der Waals surface area contributed by atoms with Crippen molar-refractivity contribution in [3.63, 3.8) is 0 Å². The minimum atomic E-state index is -0.404. The molecule has 0 aliphatic rings. The lowest BCUT2D eigenvalue weighted by molar-refractivity contribution is -0.384. The largest absolute Gasteiger partial charge is 0.330 e. The van der Waals surface area contributed by atoms with Crippen LogP contribution in [0.1, 0.15) is 5.69 Å². The Labute approximate surface area is 134 Å². The molecule has 2 heterocycles. The second kappa shape index (κ2) is 5.86. The summed E-state index contributed by atoms with van der Waals surface area (Å²) in [5.41, 5.74) is 8.94. The number of nitro groups is 1. The second-order valence-electron chi connectivity index (χ2n) is 4.83. The summed E-state index contributed by atoms with van der Waals surface area (Å²) in [5.74, 6) is 0. The number of rotatable bonds is 4. The quantitative estimate of drug-likeness (QED) is 0.571. The van der Waals surface area contributed by atoms with Gasteiger partial charge < -0.3 is 10.1 Å². The van der Waals surface area contributed by atoms with Gasteiger partial charge in [-0.25, -0.2) is 4.98 Å². The predicted octanol–water partition coefficient (Wildman–Crippen LogP) is 3.17. The Kier molecular flexibility index (Phi) is 3.91. The normalized spacial score (nSPS) is 11.0. The number of halogens is 1. The van der Waals surface area contributed by atoms with Crippen molar-refractivity contribution in [1.29, 1.82) is 0 Å². The van der Waals surface area contributed by atoms with Crippen molar-refractivity contribution in [3.05, 3.63) is 62.9 Å². The lowest BCUT2D eigenvalue weighted by Gasteiger charge is -2.04. The van der Waals surface area contributed by atoms with Gasteiger partial charge in [0.1, 0.15) is 5.65 Å². The highest BCUT2D eigenvalue weighted by atomic mass is 79.9. The molecule has 0 spiro atoms. The Morgan fingerprint density at radius 2 is 2.14 bits per heavy atom. The summed E-state index contributed by atoms with van der Waals surface area (Å²) >= 11 is 3.44. The fraction of sp³-hybridized carbons (Fsp3) is 0.133. The molecule has 0 saturated heterocycles. The number of nitrogens with two attached hydrogens (primary N) is 1. The minimum absolute atomic E-state index is 0.0504. The maximum atomic E-state index is 11.0. The van der Waals surface area contributed by atoms with Crippen molar-refractivity contribution >= 4 is 27.3 Å². The molecule has 6 nitrogen and oxygen atoms in total. The number of benzene rings is 1. The zero-order chi connectivity index (χ0) is 15.7. The molecule has 2 N–H and O–H groups in total. The Bertz CT molecular complexity index is 860. The lowest BCUT2D eigenvalue weighted by Crippen LogP contribution is -2.06. The molecule has 0 fully saturated rings. The van der Waals surface area contributed by atoms with Crippen LogP contribution in [0.4, 0.5) is 5.69 Å². The summed E-state index contributed by atoms with van der Waals surface area (Å²) in [6, 6.07) is 10.3. The molecular weight excluding hydrogens is 348 g/mol. The van der Waals surface area contributed by atoms with E-state index < -0.39 is 4.92 Å². The molecule has 22 heavy (non-hydrogen) atoms. The molecule has 0 bridgehead atoms. The number of imidazole rings is 1. The molecule has 1 aromatic carbocycles. The number of non-ortho nitro benzene ring substituents is 1. The van der Waals surface area contributed by atoms with E-state index in [1.54, 1.807) is 6.07 Å². The summed E-state index contributed by atoms with van der Waals surface area (Å²) in [4.78, 5) is 15.2. The Morgan fingerprint density at radius 1 is 1.32 bits per heavy atom. The van der Waals surface area contributed by atoms with Gasteiger partial charge >= 0.3 is 0 Å². The number of nitrogens with zero attached hydrogens (tertiary/aromatic N) is 3. The van der Waals surface area contributed by atoms with E-state index in [9.17, 15) is 10.1 Å². The van der Waals surface area contributed by atoms with E-state index in [-0.39, 0.29) is 5.69 Å². The third kappa shape index (κ3) is 2.60. The lowest BCUT2D eigenvalue weighted by atomic mass is 10.1. The van der Waals surface area contributed by atoms with E-state index in [0.29, 0.717) is 13.0 Å². The summed E-state index contributed by atoms with van der Waals surface area (Å²) in [5, 5.41) is 11.0. The average molecular weight is 361 g/mol. The monoisotopic (exact) mass is 360 g/mol. The molecule has 2 aromatic heterocycles. The van der Waals surface area contributed by atoms with Gasteiger partial charge in [0.25, 0.3) is 5.69 Å². The fourth-order valence-corrected chi connectivity index (χ4v) is 2.78. The molecule has 0 aliphatic heterocycles. The number of pyridine rings is 1. The summed E-state index contributed by atoms with van der Waals surface area (Å²) in [6.07, 6.45) is 2.56. The summed E-state index contributed by atoms with van der Waals surface area (Å²) < 4.78 is 2.90. The van der Waals surface area contributed by atoms with E-state index in [2.05, 4.69) is 20.9 Å². The van der Waals surface area contributed by atoms with E-state index >= 15 is 0 Å². The highest BCUT2D eigenvalue weighted by Crippen LogP contribution is 2.28. The molecule has 0 aliphatic carbocycles. The average Bonchev–Trinajstić information content (AvgIpc) is 2.86. The van der Waals surface area contributed by atoms with Crippen molar-refractivity contribution in [2.45, 2.75) is 6.42 Å². The number of hydrogen-bond acceptors (Lipinski definition) is 4. The second-order valence-corrected chi connectivity index (χ2v) is 5.74. The van der Waals surface area contributed by atoms with Crippen LogP contribution in [-0.2, 0) is 6.42 Å². The highest BCUT2D eigenvalue weighted by Gasteiger charge is 2.16. The standard InChI is InChI=1S/C15H13BrN4O2/c16-11-4-5-14-18-15(13(6-7-17)19(14)9-11)10-2-1-3-12(8-10)20(21)22/h1-5,8-9H,6-7,17H2. The molecule has 3 rings (SSSR count). The summed E-state index contributed by atoms with van der Waals surface area (Å²) in [6.45, 7) is 0.474. The third-order valence-corrected chi connectivity index (χ3v) is 3.86. The van der Waals surface area contributed by atoms with Crippen LogP contribution in [0.15, 0.2) is 47.1 Å². The van der Waals surface area contributed by atoms with Crippen molar-refractivity contribution in [2.75, 3.05) is 6.54 Å². The Hall–Kier alpha value is -2.25.